The van der Waals surface area contributed by atoms with E-state index in [0.717, 1.165) is 32.3 Å². The predicted octanol–water partition coefficient (Wildman–Crippen LogP) is 2.22. The third-order valence-corrected chi connectivity index (χ3v) is 5.32. The quantitative estimate of drug-likeness (QED) is 0.850. The summed E-state index contributed by atoms with van der Waals surface area (Å²) in [5, 5.41) is 2.90. The Morgan fingerprint density at radius 3 is 2.50 bits per heavy atom. The number of carbonyl (C=O) groups excluding carboxylic acids is 1. The normalized spacial score (nSPS) is 30.0. The van der Waals surface area contributed by atoms with Crippen molar-refractivity contribution in [3.8, 4) is 0 Å². The number of rotatable bonds is 3. The maximum absolute atomic E-state index is 12.4. The summed E-state index contributed by atoms with van der Waals surface area (Å²) in [6, 6.07) is -0.324. The molecule has 0 bridgehead atoms. The average molecular weight is 349 g/mol. The number of amides is 2. The summed E-state index contributed by atoms with van der Waals surface area (Å²) in [6.07, 6.45) is 0.888. The molecular formula is C16H26F3N3O2. The van der Waals surface area contributed by atoms with Gasteiger partial charge in [-0.1, -0.05) is 0 Å². The lowest BCUT2D eigenvalue weighted by Gasteiger charge is -2.35. The minimum Gasteiger partial charge on any atom is -0.378 e. The Morgan fingerprint density at radius 2 is 1.88 bits per heavy atom. The van der Waals surface area contributed by atoms with Crippen molar-refractivity contribution in [2.75, 3.05) is 39.3 Å². The number of carbonyl (C=O) groups is 1. The Balaban J connectivity index is 1.38. The third kappa shape index (κ3) is 4.75. The lowest BCUT2D eigenvalue weighted by Crippen LogP contribution is -2.49. The number of piperidine rings is 1. The van der Waals surface area contributed by atoms with Crippen molar-refractivity contribution in [3.05, 3.63) is 0 Å². The molecule has 24 heavy (non-hydrogen) atoms. The van der Waals surface area contributed by atoms with Crippen LogP contribution in [-0.2, 0) is 4.74 Å². The molecule has 2 amide bonds. The first-order valence-corrected chi connectivity index (χ1v) is 8.87. The smallest absolute Gasteiger partial charge is 0.378 e. The minimum atomic E-state index is -4.18. The maximum atomic E-state index is 12.4. The van der Waals surface area contributed by atoms with Gasteiger partial charge in [0.25, 0.3) is 0 Å². The van der Waals surface area contributed by atoms with Gasteiger partial charge in [0, 0.05) is 38.8 Å². The highest BCUT2D eigenvalue weighted by Crippen LogP contribution is 2.29. The number of nitrogens with zero attached hydrogens (tertiary/aromatic N) is 2. The molecule has 3 aliphatic heterocycles. The van der Waals surface area contributed by atoms with Gasteiger partial charge in [-0.3, -0.25) is 4.90 Å². The van der Waals surface area contributed by atoms with Crippen LogP contribution >= 0.6 is 0 Å². The maximum Gasteiger partial charge on any atom is 0.401 e. The van der Waals surface area contributed by atoms with E-state index in [1.54, 1.807) is 4.90 Å². The molecule has 5 nitrogen and oxygen atoms in total. The van der Waals surface area contributed by atoms with Gasteiger partial charge < -0.3 is 15.0 Å². The first-order chi connectivity index (χ1) is 11.4. The lowest BCUT2D eigenvalue weighted by atomic mass is 9.90. The number of ether oxygens (including phenoxy) is 1. The predicted molar refractivity (Wildman–Crippen MR) is 82.7 cm³/mol. The summed E-state index contributed by atoms with van der Waals surface area (Å²) in [7, 11) is 0. The van der Waals surface area contributed by atoms with Crippen LogP contribution < -0.4 is 5.32 Å². The molecule has 138 valence electrons. The highest BCUT2D eigenvalue weighted by atomic mass is 19.4. The summed E-state index contributed by atoms with van der Waals surface area (Å²) in [4.78, 5) is 15.5. The van der Waals surface area contributed by atoms with E-state index in [9.17, 15) is 18.0 Å². The molecule has 3 heterocycles. The fourth-order valence-corrected chi connectivity index (χ4v) is 4.06. The van der Waals surface area contributed by atoms with E-state index in [4.69, 9.17) is 4.74 Å². The molecule has 0 aromatic rings. The molecule has 3 aliphatic rings. The van der Waals surface area contributed by atoms with Gasteiger partial charge in [-0.15, -0.1) is 0 Å². The summed E-state index contributed by atoms with van der Waals surface area (Å²) < 4.78 is 42.9. The van der Waals surface area contributed by atoms with Gasteiger partial charge in [-0.2, -0.15) is 13.2 Å². The fraction of sp³-hybridized carbons (Fsp3) is 0.938. The van der Waals surface area contributed by atoms with Crippen LogP contribution in [0.2, 0.25) is 0 Å². The monoisotopic (exact) mass is 349 g/mol. The van der Waals surface area contributed by atoms with Crippen molar-refractivity contribution in [2.45, 2.75) is 50.4 Å². The van der Waals surface area contributed by atoms with Gasteiger partial charge in [0.05, 0.1) is 12.6 Å². The Kier molecular flexibility index (Phi) is 5.54. The summed E-state index contributed by atoms with van der Waals surface area (Å²) in [6.45, 7) is 2.02. The molecule has 0 saturated carbocycles. The second kappa shape index (κ2) is 7.47. The number of halogens is 3. The minimum absolute atomic E-state index is 0.139. The molecule has 3 rings (SSSR count). The van der Waals surface area contributed by atoms with Crippen LogP contribution in [0.3, 0.4) is 0 Å². The van der Waals surface area contributed by atoms with Crippen molar-refractivity contribution in [2.24, 2.45) is 5.92 Å². The van der Waals surface area contributed by atoms with E-state index in [2.05, 4.69) is 5.32 Å². The second-order valence-corrected chi connectivity index (χ2v) is 7.16. The molecule has 2 atom stereocenters. The van der Waals surface area contributed by atoms with Crippen LogP contribution in [0.1, 0.15) is 32.1 Å². The Bertz CT molecular complexity index is 433. The second-order valence-electron chi connectivity index (χ2n) is 7.16. The van der Waals surface area contributed by atoms with Gasteiger partial charge in [-0.25, -0.2) is 4.79 Å². The molecule has 8 heteroatoms. The molecule has 0 aromatic carbocycles. The highest BCUT2D eigenvalue weighted by Gasteiger charge is 2.36. The average Bonchev–Trinajstić information content (AvgIpc) is 3.18. The van der Waals surface area contributed by atoms with Crippen LogP contribution in [0.25, 0.3) is 0 Å². The van der Waals surface area contributed by atoms with Crippen LogP contribution in [0.4, 0.5) is 18.0 Å². The lowest BCUT2D eigenvalue weighted by molar-refractivity contribution is -0.143. The highest BCUT2D eigenvalue weighted by molar-refractivity contribution is 5.74. The zero-order valence-corrected chi connectivity index (χ0v) is 13.9. The van der Waals surface area contributed by atoms with Gasteiger partial charge in [0.1, 0.15) is 0 Å². The molecule has 1 N–H and O–H groups in total. The molecule has 3 saturated heterocycles. The number of likely N-dealkylation sites (tertiary alicyclic amines) is 2. The molecule has 3 fully saturated rings. The largest absolute Gasteiger partial charge is 0.401 e. The molecule has 0 aliphatic carbocycles. The van der Waals surface area contributed by atoms with Crippen LogP contribution in [0.5, 0.6) is 0 Å². The van der Waals surface area contributed by atoms with Crippen LogP contribution in [0, 0.1) is 5.92 Å². The fourth-order valence-electron chi connectivity index (χ4n) is 4.06. The van der Waals surface area contributed by atoms with E-state index in [0.29, 0.717) is 38.1 Å². The van der Waals surface area contributed by atoms with Gasteiger partial charge in [0.15, 0.2) is 0 Å². The number of nitrogens with one attached hydrogen (secondary N) is 1. The molecular weight excluding hydrogens is 323 g/mol. The first-order valence-electron chi connectivity index (χ1n) is 8.87. The topological polar surface area (TPSA) is 44.8 Å². The molecule has 0 spiro atoms. The van der Waals surface area contributed by atoms with E-state index >= 15 is 0 Å². The van der Waals surface area contributed by atoms with E-state index < -0.39 is 12.7 Å². The summed E-state index contributed by atoms with van der Waals surface area (Å²) >= 11 is 0. The van der Waals surface area contributed by atoms with Crippen molar-refractivity contribution in [1.29, 1.82) is 0 Å². The van der Waals surface area contributed by atoms with Gasteiger partial charge in [-0.05, 0) is 38.0 Å². The number of urea groups is 1. The number of hydrogen-bond donors (Lipinski definition) is 1. The van der Waals surface area contributed by atoms with Gasteiger partial charge >= 0.3 is 12.2 Å². The number of hydrogen-bond acceptors (Lipinski definition) is 3. The number of alkyl halides is 3. The van der Waals surface area contributed by atoms with Crippen molar-refractivity contribution < 1.29 is 22.7 Å². The van der Waals surface area contributed by atoms with Gasteiger partial charge in [0.2, 0.25) is 0 Å². The summed E-state index contributed by atoms with van der Waals surface area (Å²) in [5.74, 6) is 0.533. The Labute approximate surface area is 140 Å². The van der Waals surface area contributed by atoms with Crippen molar-refractivity contribution in [3.63, 3.8) is 0 Å². The first kappa shape index (κ1) is 17.8. The standard InChI is InChI=1S/C16H26F3N3O2/c17-16(18,19)11-21-6-5-13(10-21)20-15(23)22-7-3-12(4-8-22)14-2-1-9-24-14/h12-14H,1-11H2,(H,20,23)/t13-,14-/m1/s1. The molecule has 0 radical (unpaired) electrons. The zero-order valence-electron chi connectivity index (χ0n) is 13.9. The van der Waals surface area contributed by atoms with Crippen LogP contribution in [0.15, 0.2) is 0 Å². The zero-order chi connectivity index (χ0) is 17.2. The van der Waals surface area contributed by atoms with Crippen molar-refractivity contribution in [1.82, 2.24) is 15.1 Å². The Morgan fingerprint density at radius 1 is 1.12 bits per heavy atom. The van der Waals surface area contributed by atoms with E-state index in [-0.39, 0.29) is 18.6 Å². The van der Waals surface area contributed by atoms with E-state index in [1.807, 2.05) is 0 Å². The third-order valence-electron chi connectivity index (χ3n) is 5.32. The molecule has 0 unspecified atom stereocenters. The van der Waals surface area contributed by atoms with E-state index in [1.165, 1.54) is 4.90 Å². The van der Waals surface area contributed by atoms with Crippen molar-refractivity contribution >= 4 is 6.03 Å². The Hall–Kier alpha value is -1.02. The molecule has 0 aromatic heterocycles. The SMILES string of the molecule is O=C(N[C@@H]1CCN(CC(F)(F)F)C1)N1CCC([C@H]2CCCO2)CC1. The van der Waals surface area contributed by atoms with Crippen LogP contribution in [-0.4, -0.2) is 73.5 Å². The summed E-state index contributed by atoms with van der Waals surface area (Å²) in [5.41, 5.74) is 0.